The molecule has 0 bridgehead atoms. The van der Waals surface area contributed by atoms with E-state index in [9.17, 15) is 9.59 Å². The summed E-state index contributed by atoms with van der Waals surface area (Å²) in [5, 5.41) is 3.44. The average Bonchev–Trinajstić information content (AvgIpc) is 2.76. The molecule has 1 fully saturated rings. The SMILES string of the molecule is O=C1CNC(=O)N1CCSCCOc1c(Cl)cccc1Cl. The Morgan fingerprint density at radius 1 is 1.24 bits per heavy atom. The lowest BCUT2D eigenvalue weighted by molar-refractivity contribution is -0.124. The van der Waals surface area contributed by atoms with Crippen molar-refractivity contribution in [3.63, 3.8) is 0 Å². The molecular formula is C13H14Cl2N2O3S. The zero-order chi connectivity index (χ0) is 15.2. The Labute approximate surface area is 136 Å². The van der Waals surface area contributed by atoms with Crippen LogP contribution in [0.4, 0.5) is 4.79 Å². The van der Waals surface area contributed by atoms with Gasteiger partial charge >= 0.3 is 6.03 Å². The number of nitrogens with zero attached hydrogens (tertiary/aromatic N) is 1. The molecule has 0 saturated carbocycles. The summed E-state index contributed by atoms with van der Waals surface area (Å²) >= 11 is 13.6. The van der Waals surface area contributed by atoms with Gasteiger partial charge in [0, 0.05) is 18.1 Å². The Morgan fingerprint density at radius 2 is 1.95 bits per heavy atom. The molecule has 1 N–H and O–H groups in total. The minimum Gasteiger partial charge on any atom is -0.490 e. The molecule has 1 aliphatic rings. The first-order valence-electron chi connectivity index (χ1n) is 6.32. The Bertz CT molecular complexity index is 506. The van der Waals surface area contributed by atoms with Crippen molar-refractivity contribution in [3.05, 3.63) is 28.2 Å². The van der Waals surface area contributed by atoms with Crippen molar-refractivity contribution in [1.82, 2.24) is 10.2 Å². The van der Waals surface area contributed by atoms with Crippen molar-refractivity contribution in [2.45, 2.75) is 0 Å². The molecular weight excluding hydrogens is 335 g/mol. The highest BCUT2D eigenvalue weighted by Crippen LogP contribution is 2.32. The van der Waals surface area contributed by atoms with E-state index in [-0.39, 0.29) is 18.5 Å². The Kier molecular flexibility index (Phi) is 6.02. The summed E-state index contributed by atoms with van der Waals surface area (Å²) in [4.78, 5) is 23.9. The van der Waals surface area contributed by atoms with Gasteiger partial charge in [-0.25, -0.2) is 4.79 Å². The maximum Gasteiger partial charge on any atom is 0.324 e. The van der Waals surface area contributed by atoms with E-state index in [0.717, 1.165) is 0 Å². The van der Waals surface area contributed by atoms with Crippen molar-refractivity contribution in [2.24, 2.45) is 0 Å². The lowest BCUT2D eigenvalue weighted by atomic mass is 10.3. The summed E-state index contributed by atoms with van der Waals surface area (Å²) in [6, 6.07) is 4.87. The number of halogens is 2. The maximum absolute atomic E-state index is 11.3. The molecule has 0 spiro atoms. The monoisotopic (exact) mass is 348 g/mol. The minimum atomic E-state index is -0.320. The van der Waals surface area contributed by atoms with Crippen LogP contribution in [-0.2, 0) is 4.79 Å². The smallest absolute Gasteiger partial charge is 0.324 e. The molecule has 0 atom stereocenters. The highest BCUT2D eigenvalue weighted by Gasteiger charge is 2.27. The van der Waals surface area contributed by atoms with Crippen molar-refractivity contribution < 1.29 is 14.3 Å². The number of hydrogen-bond acceptors (Lipinski definition) is 4. The zero-order valence-electron chi connectivity index (χ0n) is 11.1. The number of imide groups is 1. The molecule has 114 valence electrons. The summed E-state index contributed by atoms with van der Waals surface area (Å²) in [7, 11) is 0. The van der Waals surface area contributed by atoms with E-state index in [4.69, 9.17) is 27.9 Å². The first-order valence-corrected chi connectivity index (χ1v) is 8.23. The summed E-state index contributed by atoms with van der Waals surface area (Å²) in [5.74, 6) is 1.68. The van der Waals surface area contributed by atoms with Crippen LogP contribution >= 0.6 is 35.0 Å². The Hall–Kier alpha value is -1.11. The molecule has 21 heavy (non-hydrogen) atoms. The zero-order valence-corrected chi connectivity index (χ0v) is 13.4. The van der Waals surface area contributed by atoms with Gasteiger partial charge in [-0.05, 0) is 12.1 Å². The number of nitrogens with one attached hydrogen (secondary N) is 1. The predicted molar refractivity (Wildman–Crippen MR) is 84.4 cm³/mol. The van der Waals surface area contributed by atoms with Crippen LogP contribution in [-0.4, -0.2) is 48.0 Å². The summed E-state index contributed by atoms with van der Waals surface area (Å²) < 4.78 is 5.54. The number of thioether (sulfide) groups is 1. The second-order valence-corrected chi connectivity index (χ2v) is 6.25. The van der Waals surface area contributed by atoms with Crippen LogP contribution < -0.4 is 10.1 Å². The number of benzene rings is 1. The first-order chi connectivity index (χ1) is 10.1. The highest BCUT2D eigenvalue weighted by atomic mass is 35.5. The molecule has 1 aromatic carbocycles. The van der Waals surface area contributed by atoms with Crippen LogP contribution in [0.3, 0.4) is 0 Å². The largest absolute Gasteiger partial charge is 0.490 e. The topological polar surface area (TPSA) is 58.6 Å². The number of ether oxygens (including phenoxy) is 1. The Balaban J connectivity index is 1.64. The number of hydrogen-bond donors (Lipinski definition) is 1. The number of urea groups is 1. The van der Waals surface area contributed by atoms with Gasteiger partial charge in [-0.1, -0.05) is 29.3 Å². The number of carbonyl (C=O) groups is 2. The van der Waals surface area contributed by atoms with E-state index >= 15 is 0 Å². The molecule has 5 nitrogen and oxygen atoms in total. The van der Waals surface area contributed by atoms with Gasteiger partial charge in [0.05, 0.1) is 23.2 Å². The lowest BCUT2D eigenvalue weighted by Crippen LogP contribution is -2.33. The van der Waals surface area contributed by atoms with E-state index in [2.05, 4.69) is 5.32 Å². The summed E-state index contributed by atoms with van der Waals surface area (Å²) in [5.41, 5.74) is 0. The van der Waals surface area contributed by atoms with Crippen LogP contribution in [0.2, 0.25) is 10.0 Å². The molecule has 0 aromatic heterocycles. The fourth-order valence-corrected chi connectivity index (χ4v) is 2.99. The number of rotatable bonds is 7. The summed E-state index contributed by atoms with van der Waals surface area (Å²) in [6.45, 7) is 0.952. The van der Waals surface area contributed by atoms with Crippen LogP contribution in [0.1, 0.15) is 0 Å². The third kappa shape index (κ3) is 4.43. The minimum absolute atomic E-state index is 0.0949. The fourth-order valence-electron chi connectivity index (χ4n) is 1.76. The van der Waals surface area contributed by atoms with Crippen LogP contribution in [0.15, 0.2) is 18.2 Å². The first kappa shape index (κ1) is 16.3. The predicted octanol–water partition coefficient (Wildman–Crippen LogP) is 2.66. The van der Waals surface area contributed by atoms with Crippen molar-refractivity contribution in [3.8, 4) is 5.75 Å². The third-order valence-corrected chi connectivity index (χ3v) is 4.31. The van der Waals surface area contributed by atoms with Crippen molar-refractivity contribution in [2.75, 3.05) is 31.2 Å². The quantitative estimate of drug-likeness (QED) is 0.607. The van der Waals surface area contributed by atoms with Crippen molar-refractivity contribution >= 4 is 46.9 Å². The van der Waals surface area contributed by atoms with Gasteiger partial charge in [0.15, 0.2) is 5.75 Å². The van der Waals surface area contributed by atoms with Gasteiger partial charge in [0.2, 0.25) is 5.91 Å². The van der Waals surface area contributed by atoms with Gasteiger partial charge in [-0.2, -0.15) is 11.8 Å². The second-order valence-electron chi connectivity index (χ2n) is 4.22. The van der Waals surface area contributed by atoms with Crippen LogP contribution in [0.5, 0.6) is 5.75 Å². The molecule has 8 heteroatoms. The van der Waals surface area contributed by atoms with E-state index < -0.39 is 0 Å². The van der Waals surface area contributed by atoms with Gasteiger partial charge in [-0.15, -0.1) is 0 Å². The molecule has 1 aliphatic heterocycles. The van der Waals surface area contributed by atoms with Crippen LogP contribution in [0, 0.1) is 0 Å². The van der Waals surface area contributed by atoms with Crippen molar-refractivity contribution in [1.29, 1.82) is 0 Å². The van der Waals surface area contributed by atoms with Gasteiger partial charge in [0.1, 0.15) is 0 Å². The molecule has 0 unspecified atom stereocenters. The molecule has 1 aromatic rings. The Morgan fingerprint density at radius 3 is 2.57 bits per heavy atom. The van der Waals surface area contributed by atoms with E-state index in [1.165, 1.54) is 4.90 Å². The number of amides is 3. The van der Waals surface area contributed by atoms with E-state index in [1.54, 1.807) is 30.0 Å². The lowest BCUT2D eigenvalue weighted by Gasteiger charge is -2.12. The van der Waals surface area contributed by atoms with Gasteiger partial charge in [0.25, 0.3) is 0 Å². The standard InChI is InChI=1S/C13H14Cl2N2O3S/c14-9-2-1-3-10(15)12(9)20-5-7-21-6-4-17-11(18)8-16-13(17)19/h1-3H,4-8H2,(H,16,19). The molecule has 3 amide bonds. The molecule has 1 heterocycles. The van der Waals surface area contributed by atoms with Gasteiger partial charge < -0.3 is 10.1 Å². The molecule has 0 radical (unpaired) electrons. The molecule has 0 aliphatic carbocycles. The highest BCUT2D eigenvalue weighted by molar-refractivity contribution is 7.99. The van der Waals surface area contributed by atoms with E-state index in [0.29, 0.717) is 40.5 Å². The average molecular weight is 349 g/mol. The second kappa shape index (κ2) is 7.77. The van der Waals surface area contributed by atoms with Crippen LogP contribution in [0.25, 0.3) is 0 Å². The third-order valence-electron chi connectivity index (χ3n) is 2.79. The maximum atomic E-state index is 11.3. The summed E-state index contributed by atoms with van der Waals surface area (Å²) in [6.07, 6.45) is 0. The van der Waals surface area contributed by atoms with Gasteiger partial charge in [-0.3, -0.25) is 9.69 Å². The fraction of sp³-hybridized carbons (Fsp3) is 0.385. The molecule has 1 saturated heterocycles. The number of para-hydroxylation sites is 1. The van der Waals surface area contributed by atoms with E-state index in [1.807, 2.05) is 0 Å². The molecule has 2 rings (SSSR count). The normalized spacial score (nSPS) is 14.5. The number of carbonyl (C=O) groups excluding carboxylic acids is 2.